The van der Waals surface area contributed by atoms with E-state index >= 15 is 0 Å². The summed E-state index contributed by atoms with van der Waals surface area (Å²) in [6, 6.07) is 18.3. The monoisotopic (exact) mass is 391 g/mol. The number of carbonyl (C=O) groups excluding carboxylic acids is 1. The Kier molecular flexibility index (Phi) is 4.58. The van der Waals surface area contributed by atoms with Crippen molar-refractivity contribution >= 4 is 11.6 Å². The van der Waals surface area contributed by atoms with E-state index in [9.17, 15) is 14.9 Å². The molecule has 148 valence electrons. The van der Waals surface area contributed by atoms with E-state index in [1.165, 1.54) is 0 Å². The molecule has 1 amide bonds. The number of carbonyl (C=O) groups is 1. The van der Waals surface area contributed by atoms with Gasteiger partial charge in [-0.05, 0) is 35.9 Å². The minimum absolute atomic E-state index is 0.204. The number of hydrogen-bond donors (Lipinski definition) is 0. The summed E-state index contributed by atoms with van der Waals surface area (Å²) in [5.74, 6) is -0.353. The quantitative estimate of drug-likeness (QED) is 0.477. The Morgan fingerprint density at radius 1 is 1.10 bits per heavy atom. The number of rotatable bonds is 6. The SMILES string of the molecule is COc1cccc([C@@H](C[N+](=O)[O-])[C@]2(n3cccc3)C(=O)N(C)c3ccccc32)c1. The lowest BCUT2D eigenvalue weighted by Gasteiger charge is -2.36. The van der Waals surface area contributed by atoms with Crippen molar-refractivity contribution in [3.8, 4) is 5.75 Å². The number of benzene rings is 2. The van der Waals surface area contributed by atoms with Gasteiger partial charge in [-0.25, -0.2) is 0 Å². The van der Waals surface area contributed by atoms with Gasteiger partial charge in [0.05, 0.1) is 13.0 Å². The maximum Gasteiger partial charge on any atom is 0.258 e. The number of methoxy groups -OCH3 is 1. The maximum absolute atomic E-state index is 13.8. The van der Waals surface area contributed by atoms with Crippen LogP contribution in [-0.4, -0.2) is 36.1 Å². The molecule has 2 atom stereocenters. The molecule has 4 rings (SSSR count). The molecule has 0 radical (unpaired) electrons. The second-order valence-corrected chi connectivity index (χ2v) is 7.08. The van der Waals surface area contributed by atoms with Crippen molar-refractivity contribution in [2.24, 2.45) is 0 Å². The van der Waals surface area contributed by atoms with Crippen molar-refractivity contribution in [2.45, 2.75) is 11.5 Å². The molecule has 0 saturated heterocycles. The number of hydrogen-bond acceptors (Lipinski definition) is 4. The molecule has 1 aliphatic heterocycles. The van der Waals surface area contributed by atoms with Crippen molar-refractivity contribution in [1.82, 2.24) is 4.57 Å². The third-order valence-corrected chi connectivity index (χ3v) is 5.65. The normalized spacial score (nSPS) is 19.1. The zero-order valence-electron chi connectivity index (χ0n) is 16.2. The molecule has 0 saturated carbocycles. The number of anilines is 1. The molecule has 0 bridgehead atoms. The first-order chi connectivity index (χ1) is 14.0. The van der Waals surface area contributed by atoms with E-state index in [1.807, 2.05) is 42.5 Å². The molecular weight excluding hydrogens is 370 g/mol. The molecule has 0 N–H and O–H groups in total. The molecule has 29 heavy (non-hydrogen) atoms. The lowest BCUT2D eigenvalue weighted by molar-refractivity contribution is -0.485. The number of aromatic nitrogens is 1. The highest BCUT2D eigenvalue weighted by Gasteiger charge is 2.58. The van der Waals surface area contributed by atoms with E-state index in [1.54, 1.807) is 54.2 Å². The van der Waals surface area contributed by atoms with E-state index in [2.05, 4.69) is 0 Å². The first-order valence-electron chi connectivity index (χ1n) is 9.27. The zero-order chi connectivity index (χ0) is 20.6. The van der Waals surface area contributed by atoms with Crippen LogP contribution < -0.4 is 9.64 Å². The molecule has 3 aromatic rings. The Balaban J connectivity index is 2.04. The van der Waals surface area contributed by atoms with Crippen LogP contribution in [-0.2, 0) is 10.3 Å². The van der Waals surface area contributed by atoms with Crippen molar-refractivity contribution in [1.29, 1.82) is 0 Å². The largest absolute Gasteiger partial charge is 0.497 e. The molecule has 1 aliphatic rings. The lowest BCUT2D eigenvalue weighted by Crippen LogP contribution is -2.50. The minimum Gasteiger partial charge on any atom is -0.497 e. The Morgan fingerprint density at radius 2 is 1.83 bits per heavy atom. The van der Waals surface area contributed by atoms with Crippen LogP contribution in [0.2, 0.25) is 0 Å². The summed E-state index contributed by atoms with van der Waals surface area (Å²) in [5, 5.41) is 11.7. The number of likely N-dealkylation sites (N-methyl/N-ethyl adjacent to an activating group) is 1. The number of nitro groups is 1. The average Bonchev–Trinajstić information content (AvgIpc) is 3.34. The van der Waals surface area contributed by atoms with E-state index in [0.717, 1.165) is 11.3 Å². The first-order valence-corrected chi connectivity index (χ1v) is 9.27. The number of nitrogens with zero attached hydrogens (tertiary/aromatic N) is 3. The predicted molar refractivity (Wildman–Crippen MR) is 109 cm³/mol. The van der Waals surface area contributed by atoms with Crippen LogP contribution in [0.3, 0.4) is 0 Å². The van der Waals surface area contributed by atoms with Crippen molar-refractivity contribution in [3.63, 3.8) is 0 Å². The molecule has 7 heteroatoms. The van der Waals surface area contributed by atoms with E-state index in [-0.39, 0.29) is 10.8 Å². The summed E-state index contributed by atoms with van der Waals surface area (Å²) in [6.45, 7) is -0.404. The van der Waals surface area contributed by atoms with Gasteiger partial charge in [-0.3, -0.25) is 14.9 Å². The lowest BCUT2D eigenvalue weighted by atomic mass is 9.74. The summed E-state index contributed by atoms with van der Waals surface area (Å²) >= 11 is 0. The number of fused-ring (bicyclic) bond motifs is 1. The standard InChI is InChI=1S/C22H21N3O4/c1-23-20-11-4-3-10-18(20)22(21(23)26,24-12-5-6-13-24)19(15-25(27)28)16-8-7-9-17(14-16)29-2/h3-14,19H,15H2,1-2H3/t19-,22+/m1/s1. The van der Waals surface area contributed by atoms with Crippen molar-refractivity contribution in [3.05, 3.63) is 94.3 Å². The fourth-order valence-electron chi connectivity index (χ4n) is 4.39. The van der Waals surface area contributed by atoms with Crippen molar-refractivity contribution in [2.75, 3.05) is 25.6 Å². The highest BCUT2D eigenvalue weighted by atomic mass is 16.6. The number of ether oxygens (including phenoxy) is 1. The van der Waals surface area contributed by atoms with Crippen LogP contribution in [0, 0.1) is 10.1 Å². The van der Waals surface area contributed by atoms with Gasteiger partial charge in [-0.1, -0.05) is 30.3 Å². The smallest absolute Gasteiger partial charge is 0.258 e. The van der Waals surface area contributed by atoms with E-state index in [4.69, 9.17) is 4.74 Å². The first kappa shape index (κ1) is 18.7. The Bertz CT molecular complexity index is 1060. The van der Waals surface area contributed by atoms with Gasteiger partial charge in [0.25, 0.3) is 5.91 Å². The van der Waals surface area contributed by atoms with Crippen LogP contribution in [0.5, 0.6) is 5.75 Å². The van der Waals surface area contributed by atoms with Gasteiger partial charge in [0.2, 0.25) is 6.54 Å². The summed E-state index contributed by atoms with van der Waals surface area (Å²) < 4.78 is 7.14. The summed E-state index contributed by atoms with van der Waals surface area (Å²) in [7, 11) is 3.26. The third-order valence-electron chi connectivity index (χ3n) is 5.65. The second kappa shape index (κ2) is 7.09. The molecule has 2 aromatic carbocycles. The molecule has 0 aliphatic carbocycles. The average molecular weight is 391 g/mol. The highest BCUT2D eigenvalue weighted by Crippen LogP contribution is 2.50. The zero-order valence-corrected chi connectivity index (χ0v) is 16.2. The molecule has 7 nitrogen and oxygen atoms in total. The van der Waals surface area contributed by atoms with Gasteiger partial charge in [0, 0.05) is 35.6 Å². The predicted octanol–water partition coefficient (Wildman–Crippen LogP) is 3.28. The molecule has 0 fully saturated rings. The third kappa shape index (κ3) is 2.77. The van der Waals surface area contributed by atoms with Gasteiger partial charge in [-0.15, -0.1) is 0 Å². The Hall–Kier alpha value is -3.61. The summed E-state index contributed by atoms with van der Waals surface area (Å²) in [6.07, 6.45) is 3.59. The van der Waals surface area contributed by atoms with Crippen molar-refractivity contribution < 1.29 is 14.5 Å². The summed E-state index contributed by atoms with van der Waals surface area (Å²) in [4.78, 5) is 26.8. The van der Waals surface area contributed by atoms with Crippen LogP contribution in [0.15, 0.2) is 73.1 Å². The van der Waals surface area contributed by atoms with Crippen LogP contribution >= 0.6 is 0 Å². The Morgan fingerprint density at radius 3 is 2.52 bits per heavy atom. The molecule has 0 spiro atoms. The van der Waals surface area contributed by atoms with E-state index < -0.39 is 18.0 Å². The van der Waals surface area contributed by atoms with Crippen LogP contribution in [0.4, 0.5) is 5.69 Å². The Labute approximate surface area is 168 Å². The van der Waals surface area contributed by atoms with E-state index in [0.29, 0.717) is 11.3 Å². The topological polar surface area (TPSA) is 77.6 Å². The number of amides is 1. The highest BCUT2D eigenvalue weighted by molar-refractivity contribution is 6.08. The second-order valence-electron chi connectivity index (χ2n) is 7.08. The molecule has 1 aromatic heterocycles. The van der Waals surface area contributed by atoms with Gasteiger partial charge in [0.15, 0.2) is 5.54 Å². The van der Waals surface area contributed by atoms with Gasteiger partial charge in [0.1, 0.15) is 5.75 Å². The fraction of sp³-hybridized carbons (Fsp3) is 0.227. The van der Waals surface area contributed by atoms with Crippen LogP contribution in [0.1, 0.15) is 17.0 Å². The van der Waals surface area contributed by atoms with Gasteiger partial charge >= 0.3 is 0 Å². The molecular formula is C22H21N3O4. The van der Waals surface area contributed by atoms with Gasteiger partial charge in [-0.2, -0.15) is 0 Å². The van der Waals surface area contributed by atoms with Gasteiger partial charge < -0.3 is 14.2 Å². The molecule has 2 heterocycles. The maximum atomic E-state index is 13.8. The van der Waals surface area contributed by atoms with Crippen LogP contribution in [0.25, 0.3) is 0 Å². The molecule has 0 unspecified atom stereocenters. The fourth-order valence-corrected chi connectivity index (χ4v) is 4.39. The summed E-state index contributed by atoms with van der Waals surface area (Å²) in [5.41, 5.74) is 0.905. The number of para-hydroxylation sites is 1. The minimum atomic E-state index is -1.27.